The summed E-state index contributed by atoms with van der Waals surface area (Å²) in [6.07, 6.45) is 4.22. The van der Waals surface area contributed by atoms with Crippen LogP contribution in [0.1, 0.15) is 6.42 Å². The Bertz CT molecular complexity index is 492. The number of aldehydes is 1. The van der Waals surface area contributed by atoms with E-state index < -0.39 is 4.92 Å². The Balaban J connectivity index is 1.69. The lowest BCUT2D eigenvalue weighted by atomic mass is 10.0. The molecule has 0 aliphatic carbocycles. The van der Waals surface area contributed by atoms with Gasteiger partial charge in [-0.05, 0) is 12.3 Å². The van der Waals surface area contributed by atoms with Crippen molar-refractivity contribution in [2.24, 2.45) is 5.92 Å². The number of aromatic nitrogens is 2. The first-order chi connectivity index (χ1) is 9.17. The van der Waals surface area contributed by atoms with Gasteiger partial charge in [0, 0.05) is 19.1 Å². The maximum atomic E-state index is 10.7. The van der Waals surface area contributed by atoms with Gasteiger partial charge >= 0.3 is 5.69 Å². The number of rotatable bonds is 3. The number of nitrogens with zero attached hydrogens (tertiary/aromatic N) is 4. The molecule has 3 unspecified atom stereocenters. The van der Waals surface area contributed by atoms with Crippen LogP contribution in [0, 0.1) is 16.0 Å². The maximum Gasteiger partial charge on any atom is 0.305 e. The van der Waals surface area contributed by atoms with Gasteiger partial charge in [-0.25, -0.2) is 9.97 Å². The summed E-state index contributed by atoms with van der Waals surface area (Å²) in [5.41, 5.74) is -0.109. The number of carbonyl (C=O) groups is 1. The zero-order valence-corrected chi connectivity index (χ0v) is 10.1. The second kappa shape index (κ2) is 4.54. The molecule has 3 rings (SSSR count). The number of nitro groups is 1. The predicted molar refractivity (Wildman–Crippen MR) is 65.8 cm³/mol. The van der Waals surface area contributed by atoms with Gasteiger partial charge in [0.1, 0.15) is 18.7 Å². The van der Waals surface area contributed by atoms with Gasteiger partial charge in [0.2, 0.25) is 5.95 Å². The van der Waals surface area contributed by atoms with Crippen molar-refractivity contribution in [2.45, 2.75) is 18.5 Å². The third-order valence-corrected chi connectivity index (χ3v) is 3.71. The molecule has 8 heteroatoms. The Kier molecular flexibility index (Phi) is 2.86. The monoisotopic (exact) mass is 263 g/mol. The SMILES string of the molecule is O=CC1CC2CN(c3ncc([N+](=O)[O-])cn3)CC2N1. The summed E-state index contributed by atoms with van der Waals surface area (Å²) in [5, 5.41) is 13.8. The molecular weight excluding hydrogens is 250 g/mol. The fourth-order valence-corrected chi connectivity index (χ4v) is 2.80. The van der Waals surface area contributed by atoms with Crippen molar-refractivity contribution in [2.75, 3.05) is 18.0 Å². The van der Waals surface area contributed by atoms with Gasteiger partial charge in [-0.15, -0.1) is 0 Å². The summed E-state index contributed by atoms with van der Waals surface area (Å²) < 4.78 is 0. The van der Waals surface area contributed by atoms with Crippen molar-refractivity contribution >= 4 is 17.9 Å². The van der Waals surface area contributed by atoms with Crippen LogP contribution in [0.4, 0.5) is 11.6 Å². The van der Waals surface area contributed by atoms with Gasteiger partial charge in [-0.3, -0.25) is 10.1 Å². The quantitative estimate of drug-likeness (QED) is 0.456. The van der Waals surface area contributed by atoms with Crippen molar-refractivity contribution in [3.05, 3.63) is 22.5 Å². The first-order valence-corrected chi connectivity index (χ1v) is 6.10. The Morgan fingerprint density at radius 2 is 2.16 bits per heavy atom. The van der Waals surface area contributed by atoms with E-state index in [0.29, 0.717) is 11.9 Å². The number of hydrogen-bond acceptors (Lipinski definition) is 7. The van der Waals surface area contributed by atoms with Crippen LogP contribution in [0.25, 0.3) is 0 Å². The van der Waals surface area contributed by atoms with Crippen molar-refractivity contribution in [1.29, 1.82) is 0 Å². The van der Waals surface area contributed by atoms with Crippen LogP contribution in [0.5, 0.6) is 0 Å². The largest absolute Gasteiger partial charge is 0.339 e. The molecule has 0 bridgehead atoms. The summed E-state index contributed by atoms with van der Waals surface area (Å²) in [7, 11) is 0. The summed E-state index contributed by atoms with van der Waals surface area (Å²) >= 11 is 0. The van der Waals surface area contributed by atoms with E-state index in [4.69, 9.17) is 0 Å². The smallest absolute Gasteiger partial charge is 0.305 e. The molecule has 19 heavy (non-hydrogen) atoms. The molecule has 8 nitrogen and oxygen atoms in total. The topological polar surface area (TPSA) is 101 Å². The summed E-state index contributed by atoms with van der Waals surface area (Å²) in [6.45, 7) is 1.51. The molecular formula is C11H13N5O3. The molecule has 3 atom stereocenters. The summed E-state index contributed by atoms with van der Waals surface area (Å²) in [4.78, 5) is 30.8. The lowest BCUT2D eigenvalue weighted by molar-refractivity contribution is -0.385. The van der Waals surface area contributed by atoms with Crippen LogP contribution in [-0.4, -0.2) is 46.4 Å². The standard InChI is InChI=1S/C11H13N5O3/c17-6-8-1-7-4-15(5-10(7)14-8)11-12-2-9(3-13-11)16(18)19/h2-3,6-8,10,14H,1,4-5H2. The third-order valence-electron chi connectivity index (χ3n) is 3.71. The van der Waals surface area contributed by atoms with Crippen molar-refractivity contribution < 1.29 is 9.72 Å². The van der Waals surface area contributed by atoms with Crippen molar-refractivity contribution in [3.63, 3.8) is 0 Å². The van der Waals surface area contributed by atoms with Gasteiger partial charge in [0.15, 0.2) is 0 Å². The number of hydrogen-bond donors (Lipinski definition) is 1. The van der Waals surface area contributed by atoms with Gasteiger partial charge in [-0.2, -0.15) is 0 Å². The molecule has 1 aromatic heterocycles. The molecule has 100 valence electrons. The fourth-order valence-electron chi connectivity index (χ4n) is 2.80. The molecule has 2 aliphatic heterocycles. The van der Waals surface area contributed by atoms with Crippen LogP contribution in [0.2, 0.25) is 0 Å². The third kappa shape index (κ3) is 2.14. The van der Waals surface area contributed by atoms with E-state index in [-0.39, 0.29) is 17.8 Å². The maximum absolute atomic E-state index is 10.7. The number of nitrogens with one attached hydrogen (secondary N) is 1. The van der Waals surface area contributed by atoms with E-state index in [2.05, 4.69) is 15.3 Å². The van der Waals surface area contributed by atoms with Crippen LogP contribution < -0.4 is 10.2 Å². The summed E-state index contributed by atoms with van der Waals surface area (Å²) in [6, 6.07) is 0.226. The highest BCUT2D eigenvalue weighted by Gasteiger charge is 2.41. The first kappa shape index (κ1) is 12.0. The molecule has 0 spiro atoms. The van der Waals surface area contributed by atoms with Crippen molar-refractivity contribution in [3.8, 4) is 0 Å². The number of carbonyl (C=O) groups excluding carboxylic acids is 1. The minimum Gasteiger partial charge on any atom is -0.339 e. The van der Waals surface area contributed by atoms with E-state index in [0.717, 1.165) is 25.8 Å². The van der Waals surface area contributed by atoms with E-state index in [1.165, 1.54) is 12.4 Å². The molecule has 0 aromatic carbocycles. The molecule has 3 heterocycles. The average Bonchev–Trinajstić information content (AvgIpc) is 2.96. The van der Waals surface area contributed by atoms with Gasteiger partial charge in [0.05, 0.1) is 11.0 Å². The molecule has 1 N–H and O–H groups in total. The first-order valence-electron chi connectivity index (χ1n) is 6.10. The predicted octanol–water partition coefficient (Wildman–Crippen LogP) is -0.250. The Hall–Kier alpha value is -2.09. The zero-order valence-electron chi connectivity index (χ0n) is 10.1. The minimum absolute atomic E-state index is 0.0464. The van der Waals surface area contributed by atoms with Gasteiger partial charge in [0.25, 0.3) is 0 Å². The lowest BCUT2D eigenvalue weighted by Gasteiger charge is -2.17. The number of fused-ring (bicyclic) bond motifs is 1. The van der Waals surface area contributed by atoms with Crippen LogP contribution >= 0.6 is 0 Å². The van der Waals surface area contributed by atoms with Gasteiger partial charge < -0.3 is 15.0 Å². The van der Waals surface area contributed by atoms with E-state index in [1.807, 2.05) is 4.90 Å². The van der Waals surface area contributed by atoms with Gasteiger partial charge in [-0.1, -0.05) is 0 Å². The second-order valence-electron chi connectivity index (χ2n) is 4.91. The summed E-state index contributed by atoms with van der Waals surface area (Å²) in [5.74, 6) is 0.915. The highest BCUT2D eigenvalue weighted by atomic mass is 16.6. The van der Waals surface area contributed by atoms with Crippen LogP contribution in [0.15, 0.2) is 12.4 Å². The lowest BCUT2D eigenvalue weighted by Crippen LogP contribution is -2.36. The normalized spacial score (nSPS) is 29.3. The molecule has 0 amide bonds. The molecule has 1 aromatic rings. The average molecular weight is 263 g/mol. The Morgan fingerprint density at radius 1 is 1.42 bits per heavy atom. The minimum atomic E-state index is -0.515. The number of anilines is 1. The molecule has 0 radical (unpaired) electrons. The highest BCUT2D eigenvalue weighted by Crippen LogP contribution is 2.29. The zero-order chi connectivity index (χ0) is 13.4. The molecule has 2 fully saturated rings. The van der Waals surface area contributed by atoms with Crippen LogP contribution in [-0.2, 0) is 4.79 Å². The Labute approximate surface area is 109 Å². The van der Waals surface area contributed by atoms with Crippen molar-refractivity contribution in [1.82, 2.24) is 15.3 Å². The Morgan fingerprint density at radius 3 is 2.74 bits per heavy atom. The second-order valence-corrected chi connectivity index (χ2v) is 4.91. The van der Waals surface area contributed by atoms with E-state index >= 15 is 0 Å². The molecule has 2 saturated heterocycles. The fraction of sp³-hybridized carbons (Fsp3) is 0.545. The van der Waals surface area contributed by atoms with E-state index in [9.17, 15) is 14.9 Å². The van der Waals surface area contributed by atoms with Crippen LogP contribution in [0.3, 0.4) is 0 Å². The highest BCUT2D eigenvalue weighted by molar-refractivity contribution is 5.59. The molecule has 2 aliphatic rings. The van der Waals surface area contributed by atoms with E-state index in [1.54, 1.807) is 0 Å². The molecule has 0 saturated carbocycles.